The number of amidine groups is 1. The molecule has 1 aromatic rings. The van der Waals surface area contributed by atoms with Crippen molar-refractivity contribution < 1.29 is 14.6 Å². The molecule has 0 spiro atoms. The van der Waals surface area contributed by atoms with Gasteiger partial charge in [0, 0.05) is 4.88 Å². The molecule has 0 saturated heterocycles. The summed E-state index contributed by atoms with van der Waals surface area (Å²) in [5, 5.41) is 19.7. The van der Waals surface area contributed by atoms with Crippen molar-refractivity contribution >= 4 is 28.1 Å². The van der Waals surface area contributed by atoms with E-state index >= 15 is 0 Å². The minimum absolute atomic E-state index is 0.0740. The molecule has 1 aliphatic rings. The molecule has 18 heavy (non-hydrogen) atoms. The second kappa shape index (κ2) is 4.79. The molecule has 0 fully saturated rings. The average Bonchev–Trinajstić information content (AvgIpc) is 2.66. The van der Waals surface area contributed by atoms with Crippen molar-refractivity contribution in [1.82, 2.24) is 0 Å². The van der Waals surface area contributed by atoms with Crippen LogP contribution in [-0.2, 0) is 22.6 Å². The predicted octanol–water partition coefficient (Wildman–Crippen LogP) is 1.12. The molecule has 2 heterocycles. The van der Waals surface area contributed by atoms with Crippen LogP contribution in [0.1, 0.15) is 16.0 Å². The van der Waals surface area contributed by atoms with Crippen molar-refractivity contribution in [3.8, 4) is 0 Å². The number of carboxylic acids is 1. The number of rotatable bonds is 4. The van der Waals surface area contributed by atoms with Gasteiger partial charge in [-0.25, -0.2) is 4.79 Å². The van der Waals surface area contributed by atoms with Gasteiger partial charge in [0.15, 0.2) is 0 Å². The standard InChI is InChI=1S/C11H13N3O3S/c1-5(11(15)16)14-10-8(9(12)13)6-2-3-17-4-7(6)18-10/h14H,1-4H2,(H3,12,13)(H,15,16). The lowest BCUT2D eigenvalue weighted by molar-refractivity contribution is -0.132. The van der Waals surface area contributed by atoms with Crippen LogP contribution in [0.3, 0.4) is 0 Å². The van der Waals surface area contributed by atoms with E-state index in [0.29, 0.717) is 30.2 Å². The molecule has 0 aliphatic carbocycles. The number of fused-ring (bicyclic) bond motifs is 1. The highest BCUT2D eigenvalue weighted by Gasteiger charge is 2.23. The molecule has 2 rings (SSSR count). The highest BCUT2D eigenvalue weighted by molar-refractivity contribution is 7.16. The molecule has 6 nitrogen and oxygen atoms in total. The first-order valence-corrected chi connectivity index (χ1v) is 6.08. The Morgan fingerprint density at radius 3 is 2.94 bits per heavy atom. The van der Waals surface area contributed by atoms with E-state index in [4.69, 9.17) is 21.0 Å². The summed E-state index contributed by atoms with van der Waals surface area (Å²) < 4.78 is 5.33. The zero-order valence-corrected chi connectivity index (χ0v) is 10.4. The summed E-state index contributed by atoms with van der Waals surface area (Å²) in [6.07, 6.45) is 0.683. The minimum Gasteiger partial charge on any atom is -0.477 e. The van der Waals surface area contributed by atoms with Gasteiger partial charge in [0.1, 0.15) is 16.5 Å². The van der Waals surface area contributed by atoms with Gasteiger partial charge in [-0.2, -0.15) is 0 Å². The number of hydrogen-bond acceptors (Lipinski definition) is 5. The summed E-state index contributed by atoms with van der Waals surface area (Å²) in [6, 6.07) is 0. The van der Waals surface area contributed by atoms with Crippen molar-refractivity contribution in [2.75, 3.05) is 11.9 Å². The Balaban J connectivity index is 2.40. The van der Waals surface area contributed by atoms with E-state index in [0.717, 1.165) is 10.4 Å². The molecular weight excluding hydrogens is 254 g/mol. The van der Waals surface area contributed by atoms with Crippen LogP contribution in [0.15, 0.2) is 12.3 Å². The van der Waals surface area contributed by atoms with Crippen molar-refractivity contribution in [3.05, 3.63) is 28.3 Å². The number of anilines is 1. The van der Waals surface area contributed by atoms with Gasteiger partial charge in [0.25, 0.3) is 0 Å². The third-order valence-electron chi connectivity index (χ3n) is 2.61. The Bertz CT molecular complexity index is 536. The average molecular weight is 267 g/mol. The Kier molecular flexibility index (Phi) is 3.35. The second-order valence-electron chi connectivity index (χ2n) is 3.83. The van der Waals surface area contributed by atoms with Crippen molar-refractivity contribution in [1.29, 1.82) is 5.41 Å². The number of carboxylic acid groups (broad SMARTS) is 1. The Hall–Kier alpha value is -1.86. The summed E-state index contributed by atoms with van der Waals surface area (Å²) >= 11 is 1.35. The molecule has 0 aromatic carbocycles. The second-order valence-corrected chi connectivity index (χ2v) is 4.94. The first kappa shape index (κ1) is 12.6. The quantitative estimate of drug-likeness (QED) is 0.371. The molecule has 1 aliphatic heterocycles. The smallest absolute Gasteiger partial charge is 0.351 e. The molecule has 0 radical (unpaired) electrons. The van der Waals surface area contributed by atoms with E-state index in [1.165, 1.54) is 11.3 Å². The number of nitrogens with one attached hydrogen (secondary N) is 2. The number of hydrogen-bond donors (Lipinski definition) is 4. The van der Waals surface area contributed by atoms with Gasteiger partial charge in [-0.3, -0.25) is 5.41 Å². The number of aliphatic carboxylic acids is 1. The summed E-state index contributed by atoms with van der Waals surface area (Å²) in [5.41, 5.74) is 6.97. The molecule has 7 heteroatoms. The molecule has 1 aromatic heterocycles. The topological polar surface area (TPSA) is 108 Å². The Morgan fingerprint density at radius 1 is 1.61 bits per heavy atom. The lowest BCUT2D eigenvalue weighted by Crippen LogP contribution is -2.18. The van der Waals surface area contributed by atoms with E-state index in [9.17, 15) is 4.79 Å². The Labute approximate surface area is 108 Å². The van der Waals surface area contributed by atoms with Crippen LogP contribution in [-0.4, -0.2) is 23.5 Å². The van der Waals surface area contributed by atoms with Gasteiger partial charge < -0.3 is 20.9 Å². The minimum atomic E-state index is -1.13. The van der Waals surface area contributed by atoms with E-state index in [-0.39, 0.29) is 11.5 Å². The summed E-state index contributed by atoms with van der Waals surface area (Å²) in [4.78, 5) is 11.7. The van der Waals surface area contributed by atoms with Gasteiger partial charge in [-0.15, -0.1) is 11.3 Å². The van der Waals surface area contributed by atoms with Gasteiger partial charge in [0.05, 0.1) is 18.8 Å². The largest absolute Gasteiger partial charge is 0.477 e. The molecule has 0 saturated carbocycles. The van der Waals surface area contributed by atoms with Crippen LogP contribution in [0.25, 0.3) is 0 Å². The normalized spacial score (nSPS) is 13.8. The van der Waals surface area contributed by atoms with Crippen LogP contribution in [0, 0.1) is 5.41 Å². The maximum absolute atomic E-state index is 10.8. The highest BCUT2D eigenvalue weighted by atomic mass is 32.1. The lowest BCUT2D eigenvalue weighted by atomic mass is 10.1. The van der Waals surface area contributed by atoms with Crippen LogP contribution >= 0.6 is 11.3 Å². The number of thiophene rings is 1. The van der Waals surface area contributed by atoms with Crippen LogP contribution in [0.5, 0.6) is 0 Å². The van der Waals surface area contributed by atoms with Gasteiger partial charge in [0.2, 0.25) is 0 Å². The molecule has 96 valence electrons. The fraction of sp³-hybridized carbons (Fsp3) is 0.273. The number of nitrogens with two attached hydrogens (primary N) is 1. The van der Waals surface area contributed by atoms with E-state index in [2.05, 4.69) is 11.9 Å². The monoisotopic (exact) mass is 267 g/mol. The fourth-order valence-electron chi connectivity index (χ4n) is 1.80. The summed E-state index contributed by atoms with van der Waals surface area (Å²) in [6.45, 7) is 4.47. The predicted molar refractivity (Wildman–Crippen MR) is 69.1 cm³/mol. The number of carbonyl (C=O) groups is 1. The lowest BCUT2D eigenvalue weighted by Gasteiger charge is -2.13. The molecule has 0 amide bonds. The van der Waals surface area contributed by atoms with Crippen molar-refractivity contribution in [2.45, 2.75) is 13.0 Å². The maximum atomic E-state index is 10.8. The number of nitrogen functional groups attached to an aromatic ring is 1. The van der Waals surface area contributed by atoms with Crippen LogP contribution < -0.4 is 11.1 Å². The third-order valence-corrected chi connectivity index (χ3v) is 3.73. The first-order chi connectivity index (χ1) is 8.50. The van der Waals surface area contributed by atoms with E-state index < -0.39 is 5.97 Å². The van der Waals surface area contributed by atoms with Gasteiger partial charge >= 0.3 is 5.97 Å². The summed E-state index contributed by atoms with van der Waals surface area (Å²) in [5.74, 6) is -1.21. The highest BCUT2D eigenvalue weighted by Crippen LogP contribution is 2.36. The molecular formula is C11H13N3O3S. The fourth-order valence-corrected chi connectivity index (χ4v) is 3.02. The van der Waals surface area contributed by atoms with Crippen molar-refractivity contribution in [3.63, 3.8) is 0 Å². The van der Waals surface area contributed by atoms with E-state index in [1.807, 2.05) is 0 Å². The molecule has 5 N–H and O–H groups in total. The van der Waals surface area contributed by atoms with E-state index in [1.54, 1.807) is 0 Å². The molecule has 0 bridgehead atoms. The van der Waals surface area contributed by atoms with Crippen LogP contribution in [0.2, 0.25) is 0 Å². The third kappa shape index (κ3) is 2.22. The maximum Gasteiger partial charge on any atom is 0.351 e. The van der Waals surface area contributed by atoms with Crippen molar-refractivity contribution in [2.24, 2.45) is 5.73 Å². The first-order valence-electron chi connectivity index (χ1n) is 5.26. The summed E-state index contributed by atoms with van der Waals surface area (Å²) in [7, 11) is 0. The molecule has 0 atom stereocenters. The number of ether oxygens (including phenoxy) is 1. The van der Waals surface area contributed by atoms with Crippen LogP contribution in [0.4, 0.5) is 5.00 Å². The Morgan fingerprint density at radius 2 is 2.33 bits per heavy atom. The SMILES string of the molecule is C=C(Nc1sc2c(c1C(=N)N)CCOC2)C(=O)O. The van der Waals surface area contributed by atoms with Gasteiger partial charge in [-0.1, -0.05) is 6.58 Å². The van der Waals surface area contributed by atoms with Gasteiger partial charge in [-0.05, 0) is 12.0 Å². The zero-order valence-electron chi connectivity index (χ0n) is 9.58. The molecule has 0 unspecified atom stereocenters. The zero-order chi connectivity index (χ0) is 13.3.